The van der Waals surface area contributed by atoms with Gasteiger partial charge in [-0.15, -0.1) is 0 Å². The lowest BCUT2D eigenvalue weighted by atomic mass is 10.0. The number of aromatic nitrogens is 2. The fourth-order valence-electron chi connectivity index (χ4n) is 3.14. The van der Waals surface area contributed by atoms with Crippen LogP contribution in [-0.4, -0.2) is 22.6 Å². The van der Waals surface area contributed by atoms with E-state index in [1.54, 1.807) is 29.8 Å². The van der Waals surface area contributed by atoms with Crippen LogP contribution in [0, 0.1) is 6.92 Å². The largest absolute Gasteiger partial charge is 0.464 e. The van der Waals surface area contributed by atoms with Crippen LogP contribution in [0.4, 0.5) is 0 Å². The van der Waals surface area contributed by atoms with E-state index in [2.05, 4.69) is 9.72 Å². The Morgan fingerprint density at radius 1 is 1.03 bits per heavy atom. The third kappa shape index (κ3) is 5.04. The van der Waals surface area contributed by atoms with Gasteiger partial charge in [0.2, 0.25) is 0 Å². The highest BCUT2D eigenvalue weighted by atomic mass is 16.5. The number of nitrogens with zero attached hydrogens (tertiary/aromatic N) is 2. The van der Waals surface area contributed by atoms with Crippen molar-refractivity contribution in [1.29, 1.82) is 0 Å². The highest BCUT2D eigenvalue weighted by Crippen LogP contribution is 2.11. The summed E-state index contributed by atoms with van der Waals surface area (Å²) in [7, 11) is 1.28. The molecule has 0 amide bonds. The Hall–Kier alpha value is -3.54. The minimum absolute atomic E-state index is 0.0353. The molecule has 3 aromatic rings. The maximum absolute atomic E-state index is 12.4. The van der Waals surface area contributed by atoms with Crippen molar-refractivity contribution in [1.82, 2.24) is 9.55 Å². The monoisotopic (exact) mass is 390 g/mol. The molecule has 0 saturated heterocycles. The second-order valence-electron chi connectivity index (χ2n) is 6.79. The smallest absolute Gasteiger partial charge is 0.356 e. The first kappa shape index (κ1) is 20.2. The summed E-state index contributed by atoms with van der Waals surface area (Å²) in [5.41, 5.74) is 3.35. The average Bonchev–Trinajstić information content (AvgIpc) is 2.87. The molecule has 0 N–H and O–H groups in total. The first-order chi connectivity index (χ1) is 14.0. The quantitative estimate of drug-likeness (QED) is 0.605. The standard InChI is InChI=1S/C23H22N2O4/c1-16-13-20(23(28)29-2)24-14-21(26)19(16)11-10-17-6-8-18(9-7-17)15-25-12-4-3-5-22(25)27/h3-9,12-14H,10-11,15H2,1-2H3. The van der Waals surface area contributed by atoms with Gasteiger partial charge in [0.15, 0.2) is 5.43 Å². The summed E-state index contributed by atoms with van der Waals surface area (Å²) in [6, 6.07) is 14.7. The molecule has 29 heavy (non-hydrogen) atoms. The normalized spacial score (nSPS) is 10.6. The number of rotatable bonds is 6. The molecule has 0 atom stereocenters. The van der Waals surface area contributed by atoms with E-state index in [0.29, 0.717) is 30.5 Å². The summed E-state index contributed by atoms with van der Waals surface area (Å²) in [6.07, 6.45) is 4.16. The number of hydrogen-bond acceptors (Lipinski definition) is 5. The van der Waals surface area contributed by atoms with E-state index in [1.165, 1.54) is 19.4 Å². The molecule has 3 rings (SSSR count). The summed E-state index contributed by atoms with van der Waals surface area (Å²) in [5, 5.41) is 0. The minimum atomic E-state index is -0.567. The zero-order chi connectivity index (χ0) is 20.8. The number of benzene rings is 1. The predicted octanol–water partition coefficient (Wildman–Crippen LogP) is 2.53. The lowest BCUT2D eigenvalue weighted by Crippen LogP contribution is -2.18. The molecule has 0 spiro atoms. The molecule has 0 aliphatic rings. The number of pyridine rings is 1. The third-order valence-corrected chi connectivity index (χ3v) is 4.78. The van der Waals surface area contributed by atoms with Gasteiger partial charge in [-0.3, -0.25) is 9.59 Å². The Balaban J connectivity index is 1.73. The van der Waals surface area contributed by atoms with Crippen molar-refractivity contribution in [2.24, 2.45) is 0 Å². The van der Waals surface area contributed by atoms with Crippen LogP contribution >= 0.6 is 0 Å². The van der Waals surface area contributed by atoms with Gasteiger partial charge in [-0.2, -0.15) is 0 Å². The Labute approximate surface area is 168 Å². The third-order valence-electron chi connectivity index (χ3n) is 4.78. The molecule has 2 aromatic heterocycles. The Morgan fingerprint density at radius 3 is 2.45 bits per heavy atom. The Bertz CT molecular complexity index is 1130. The number of carbonyl (C=O) groups is 1. The number of methoxy groups -OCH3 is 1. The number of aryl methyl sites for hydroxylation is 2. The number of esters is 1. The van der Waals surface area contributed by atoms with Crippen LogP contribution in [-0.2, 0) is 24.1 Å². The Morgan fingerprint density at radius 2 is 1.76 bits per heavy atom. The van der Waals surface area contributed by atoms with E-state index < -0.39 is 5.97 Å². The molecule has 0 aliphatic carbocycles. The topological polar surface area (TPSA) is 78.3 Å². The molecule has 148 valence electrons. The lowest BCUT2D eigenvalue weighted by Gasteiger charge is -2.07. The summed E-state index contributed by atoms with van der Waals surface area (Å²) < 4.78 is 6.33. The molecule has 0 aliphatic heterocycles. The van der Waals surface area contributed by atoms with Gasteiger partial charge in [0.1, 0.15) is 5.69 Å². The number of ether oxygens (including phenoxy) is 1. The molecule has 0 unspecified atom stereocenters. The van der Waals surface area contributed by atoms with Gasteiger partial charge in [-0.05, 0) is 48.6 Å². The second-order valence-corrected chi connectivity index (χ2v) is 6.79. The van der Waals surface area contributed by atoms with E-state index in [9.17, 15) is 14.4 Å². The SMILES string of the molecule is COC(=O)c1cc(C)c(CCc2ccc(Cn3ccccc3=O)cc2)c(=O)cn1. The maximum Gasteiger partial charge on any atom is 0.356 e. The Kier molecular flexibility index (Phi) is 6.34. The van der Waals surface area contributed by atoms with Crippen LogP contribution in [0.5, 0.6) is 0 Å². The molecule has 1 aromatic carbocycles. The number of hydrogen-bond donors (Lipinski definition) is 0. The molecule has 0 radical (unpaired) electrons. The van der Waals surface area contributed by atoms with Crippen molar-refractivity contribution in [3.63, 3.8) is 0 Å². The number of carbonyl (C=O) groups excluding carboxylic acids is 1. The van der Waals surface area contributed by atoms with E-state index in [1.807, 2.05) is 30.3 Å². The molecule has 0 bridgehead atoms. The molecule has 2 heterocycles. The first-order valence-electron chi connectivity index (χ1n) is 9.29. The fourth-order valence-corrected chi connectivity index (χ4v) is 3.14. The minimum Gasteiger partial charge on any atom is -0.464 e. The van der Waals surface area contributed by atoms with Gasteiger partial charge in [0.25, 0.3) is 5.56 Å². The van der Waals surface area contributed by atoms with E-state index >= 15 is 0 Å². The van der Waals surface area contributed by atoms with Crippen LogP contribution in [0.25, 0.3) is 0 Å². The van der Waals surface area contributed by atoms with Gasteiger partial charge in [0.05, 0.1) is 19.9 Å². The van der Waals surface area contributed by atoms with E-state index in [4.69, 9.17) is 0 Å². The van der Waals surface area contributed by atoms with Crippen molar-refractivity contribution in [3.05, 3.63) is 109 Å². The fraction of sp³-hybridized carbons (Fsp3) is 0.217. The van der Waals surface area contributed by atoms with Crippen LogP contribution in [0.2, 0.25) is 0 Å². The highest BCUT2D eigenvalue weighted by molar-refractivity contribution is 5.87. The maximum atomic E-state index is 12.4. The van der Waals surface area contributed by atoms with Crippen molar-refractivity contribution >= 4 is 5.97 Å². The molecular weight excluding hydrogens is 368 g/mol. The molecule has 0 saturated carbocycles. The van der Waals surface area contributed by atoms with Gasteiger partial charge in [0, 0.05) is 17.8 Å². The van der Waals surface area contributed by atoms with Crippen LogP contribution in [0.1, 0.15) is 32.7 Å². The van der Waals surface area contributed by atoms with Crippen LogP contribution < -0.4 is 11.0 Å². The lowest BCUT2D eigenvalue weighted by molar-refractivity contribution is 0.0594. The molecule has 6 heteroatoms. The van der Waals surface area contributed by atoms with Crippen molar-refractivity contribution in [3.8, 4) is 0 Å². The van der Waals surface area contributed by atoms with Crippen molar-refractivity contribution < 1.29 is 9.53 Å². The van der Waals surface area contributed by atoms with E-state index in [0.717, 1.165) is 11.1 Å². The average molecular weight is 390 g/mol. The predicted molar refractivity (Wildman–Crippen MR) is 110 cm³/mol. The van der Waals surface area contributed by atoms with Crippen LogP contribution in [0.3, 0.4) is 0 Å². The highest BCUT2D eigenvalue weighted by Gasteiger charge is 2.10. The van der Waals surface area contributed by atoms with Gasteiger partial charge in [-0.1, -0.05) is 30.3 Å². The summed E-state index contributed by atoms with van der Waals surface area (Å²) in [6.45, 7) is 2.31. The zero-order valence-corrected chi connectivity index (χ0v) is 16.4. The molecule has 0 fully saturated rings. The van der Waals surface area contributed by atoms with Gasteiger partial charge in [-0.25, -0.2) is 9.78 Å². The zero-order valence-electron chi connectivity index (χ0n) is 16.4. The summed E-state index contributed by atoms with van der Waals surface area (Å²) in [4.78, 5) is 39.8. The summed E-state index contributed by atoms with van der Waals surface area (Å²) >= 11 is 0. The van der Waals surface area contributed by atoms with Crippen molar-refractivity contribution in [2.75, 3.05) is 7.11 Å². The van der Waals surface area contributed by atoms with Gasteiger partial charge >= 0.3 is 5.97 Å². The first-order valence-corrected chi connectivity index (χ1v) is 9.29. The second kappa shape index (κ2) is 9.10. The van der Waals surface area contributed by atoms with Crippen LogP contribution in [0.15, 0.2) is 70.5 Å². The molecule has 6 nitrogen and oxygen atoms in total. The molecular formula is C23H22N2O4. The van der Waals surface area contributed by atoms with E-state index in [-0.39, 0.29) is 16.7 Å². The van der Waals surface area contributed by atoms with Crippen molar-refractivity contribution in [2.45, 2.75) is 26.3 Å². The van der Waals surface area contributed by atoms with Gasteiger partial charge < -0.3 is 9.30 Å². The summed E-state index contributed by atoms with van der Waals surface area (Å²) in [5.74, 6) is -0.567.